The minimum absolute atomic E-state index is 0.407. The van der Waals surface area contributed by atoms with Crippen molar-refractivity contribution < 1.29 is 4.74 Å². The number of nitrogens with zero attached hydrogens (tertiary/aromatic N) is 3. The molecule has 2 N–H and O–H groups in total. The Bertz CT molecular complexity index is 646. The summed E-state index contributed by atoms with van der Waals surface area (Å²) in [7, 11) is 1.70. The van der Waals surface area contributed by atoms with Gasteiger partial charge < -0.3 is 15.4 Å². The number of benzene rings is 1. The lowest BCUT2D eigenvalue weighted by atomic mass is 9.93. The van der Waals surface area contributed by atoms with Crippen LogP contribution in [0.5, 0.6) is 0 Å². The van der Waals surface area contributed by atoms with Crippen LogP contribution in [-0.4, -0.2) is 35.4 Å². The highest BCUT2D eigenvalue weighted by Crippen LogP contribution is 2.33. The van der Waals surface area contributed by atoms with E-state index in [9.17, 15) is 0 Å². The number of nitrogens with one attached hydrogen (secondary N) is 2. The van der Waals surface area contributed by atoms with E-state index in [4.69, 9.17) is 4.74 Å². The zero-order valence-electron chi connectivity index (χ0n) is 15.8. The lowest BCUT2D eigenvalue weighted by molar-refractivity contribution is 0.197. The van der Waals surface area contributed by atoms with E-state index in [1.807, 2.05) is 0 Å². The first-order chi connectivity index (χ1) is 12.0. The molecule has 0 amide bonds. The fourth-order valence-electron chi connectivity index (χ4n) is 2.68. The predicted molar refractivity (Wildman–Crippen MR) is 103 cm³/mol. The molecule has 0 unspecified atom stereocenters. The van der Waals surface area contributed by atoms with E-state index in [1.54, 1.807) is 13.3 Å². The minimum atomic E-state index is 0.407. The Morgan fingerprint density at radius 1 is 1.08 bits per heavy atom. The van der Waals surface area contributed by atoms with E-state index in [0.717, 1.165) is 25.3 Å². The molecule has 1 aromatic heterocycles. The molecule has 0 saturated heterocycles. The summed E-state index contributed by atoms with van der Waals surface area (Å²) in [5.41, 5.74) is 3.60. The molecule has 1 aromatic carbocycles. The van der Waals surface area contributed by atoms with E-state index < -0.39 is 0 Å². The number of aromatic nitrogens is 3. The molecule has 0 bridgehead atoms. The number of ether oxygens (including phenoxy) is 1. The summed E-state index contributed by atoms with van der Waals surface area (Å²) >= 11 is 0. The first-order valence-electron chi connectivity index (χ1n) is 8.85. The van der Waals surface area contributed by atoms with Crippen molar-refractivity contribution >= 4 is 17.5 Å². The summed E-state index contributed by atoms with van der Waals surface area (Å²) in [5, 5.41) is 14.8. The van der Waals surface area contributed by atoms with Gasteiger partial charge in [0, 0.05) is 25.9 Å². The van der Waals surface area contributed by atoms with Crippen LogP contribution in [0.2, 0.25) is 0 Å². The Hall–Kier alpha value is -2.21. The van der Waals surface area contributed by atoms with Crippen molar-refractivity contribution in [1.82, 2.24) is 15.2 Å². The number of anilines is 3. The second kappa shape index (κ2) is 9.32. The third-order valence-corrected chi connectivity index (χ3v) is 4.00. The lowest BCUT2D eigenvalue weighted by Gasteiger charge is -2.20. The second-order valence-electron chi connectivity index (χ2n) is 6.68. The first kappa shape index (κ1) is 19.1. The van der Waals surface area contributed by atoms with Gasteiger partial charge >= 0.3 is 0 Å². The molecule has 0 aliphatic rings. The van der Waals surface area contributed by atoms with Gasteiger partial charge in [-0.2, -0.15) is 10.1 Å². The highest BCUT2D eigenvalue weighted by atomic mass is 16.5. The van der Waals surface area contributed by atoms with Crippen molar-refractivity contribution in [2.45, 2.75) is 46.0 Å². The molecular weight excluding hydrogens is 314 g/mol. The second-order valence-corrected chi connectivity index (χ2v) is 6.68. The highest BCUT2D eigenvalue weighted by molar-refractivity contribution is 5.65. The van der Waals surface area contributed by atoms with Gasteiger partial charge in [-0.3, -0.25) is 0 Å². The van der Waals surface area contributed by atoms with Crippen LogP contribution in [0, 0.1) is 0 Å². The number of methoxy groups -OCH3 is 1. The molecule has 1 heterocycles. The van der Waals surface area contributed by atoms with Gasteiger partial charge in [0.05, 0.1) is 6.20 Å². The maximum Gasteiger partial charge on any atom is 0.249 e. The molecule has 0 aliphatic carbocycles. The van der Waals surface area contributed by atoms with Gasteiger partial charge in [0.15, 0.2) is 5.82 Å². The topological polar surface area (TPSA) is 72.0 Å². The van der Waals surface area contributed by atoms with Crippen molar-refractivity contribution in [3.05, 3.63) is 35.5 Å². The Kier molecular flexibility index (Phi) is 7.13. The maximum absolute atomic E-state index is 5.05. The number of hydrogen-bond donors (Lipinski definition) is 2. The lowest BCUT2D eigenvalue weighted by Crippen LogP contribution is -2.10. The van der Waals surface area contributed by atoms with Crippen LogP contribution >= 0.6 is 0 Å². The fraction of sp³-hybridized carbons (Fsp3) is 0.526. The molecule has 0 spiro atoms. The van der Waals surface area contributed by atoms with Crippen molar-refractivity contribution in [2.24, 2.45) is 0 Å². The quantitative estimate of drug-likeness (QED) is 0.661. The van der Waals surface area contributed by atoms with E-state index in [1.165, 1.54) is 11.1 Å². The first-order valence-corrected chi connectivity index (χ1v) is 8.85. The molecule has 25 heavy (non-hydrogen) atoms. The fourth-order valence-corrected chi connectivity index (χ4v) is 2.68. The molecule has 0 radical (unpaired) electrons. The molecule has 2 aromatic rings. The molecule has 6 nitrogen and oxygen atoms in total. The Morgan fingerprint density at radius 2 is 1.76 bits per heavy atom. The summed E-state index contributed by atoms with van der Waals surface area (Å²) in [6.07, 6.45) is 2.55. The van der Waals surface area contributed by atoms with Gasteiger partial charge in [0.25, 0.3) is 0 Å². The average Bonchev–Trinajstić information content (AvgIpc) is 2.59. The Balaban J connectivity index is 2.21. The van der Waals surface area contributed by atoms with Crippen LogP contribution in [0.3, 0.4) is 0 Å². The van der Waals surface area contributed by atoms with Crippen LogP contribution in [0.25, 0.3) is 0 Å². The molecule has 0 atom stereocenters. The third-order valence-electron chi connectivity index (χ3n) is 4.00. The number of para-hydroxylation sites is 1. The molecule has 0 fully saturated rings. The van der Waals surface area contributed by atoms with Gasteiger partial charge in [0.1, 0.15) is 0 Å². The van der Waals surface area contributed by atoms with E-state index in [0.29, 0.717) is 23.6 Å². The maximum atomic E-state index is 5.05. The van der Waals surface area contributed by atoms with Crippen LogP contribution in [0.15, 0.2) is 24.4 Å². The average molecular weight is 343 g/mol. The summed E-state index contributed by atoms with van der Waals surface area (Å²) in [6, 6.07) is 6.42. The third kappa shape index (κ3) is 5.39. The van der Waals surface area contributed by atoms with Gasteiger partial charge in [-0.25, -0.2) is 0 Å². The molecular formula is C19H29N5O. The molecule has 0 aliphatic heterocycles. The minimum Gasteiger partial charge on any atom is -0.385 e. The Labute approximate surface area is 150 Å². The summed E-state index contributed by atoms with van der Waals surface area (Å²) < 4.78 is 5.05. The smallest absolute Gasteiger partial charge is 0.249 e. The zero-order valence-corrected chi connectivity index (χ0v) is 15.8. The summed E-state index contributed by atoms with van der Waals surface area (Å²) in [5.74, 6) is 2.03. The monoisotopic (exact) mass is 343 g/mol. The Morgan fingerprint density at radius 3 is 2.36 bits per heavy atom. The normalized spacial score (nSPS) is 11.2. The molecule has 136 valence electrons. The van der Waals surface area contributed by atoms with Gasteiger partial charge in [0.2, 0.25) is 5.95 Å². The van der Waals surface area contributed by atoms with Gasteiger partial charge in [-0.05, 0) is 29.4 Å². The highest BCUT2D eigenvalue weighted by Gasteiger charge is 2.15. The zero-order chi connectivity index (χ0) is 18.2. The van der Waals surface area contributed by atoms with Crippen molar-refractivity contribution in [1.29, 1.82) is 0 Å². The van der Waals surface area contributed by atoms with Gasteiger partial charge in [-0.1, -0.05) is 45.9 Å². The summed E-state index contributed by atoms with van der Waals surface area (Å²) in [6.45, 7) is 10.3. The van der Waals surface area contributed by atoms with Crippen LogP contribution in [0.1, 0.15) is 57.1 Å². The van der Waals surface area contributed by atoms with Crippen molar-refractivity contribution in [3.63, 3.8) is 0 Å². The molecule has 6 heteroatoms. The van der Waals surface area contributed by atoms with Crippen LogP contribution < -0.4 is 10.6 Å². The number of hydrogen-bond acceptors (Lipinski definition) is 6. The summed E-state index contributed by atoms with van der Waals surface area (Å²) in [4.78, 5) is 4.53. The van der Waals surface area contributed by atoms with Gasteiger partial charge in [-0.15, -0.1) is 5.10 Å². The molecule has 0 saturated carbocycles. The molecule has 2 rings (SSSR count). The number of rotatable bonds is 9. The largest absolute Gasteiger partial charge is 0.385 e. The van der Waals surface area contributed by atoms with Crippen molar-refractivity contribution in [2.75, 3.05) is 30.9 Å². The SMILES string of the molecule is COCCCNc1cnnc(Nc2c(C(C)C)cccc2C(C)C)n1. The van der Waals surface area contributed by atoms with E-state index >= 15 is 0 Å². The van der Waals surface area contributed by atoms with E-state index in [-0.39, 0.29) is 0 Å². The standard InChI is InChI=1S/C19H29N5O/c1-13(2)15-8-6-9-16(14(3)4)18(15)23-19-22-17(12-21-24-19)20-10-7-11-25-5/h6,8-9,12-14H,7,10-11H2,1-5H3,(H2,20,22,23,24). The van der Waals surface area contributed by atoms with Crippen molar-refractivity contribution in [3.8, 4) is 0 Å². The van der Waals surface area contributed by atoms with E-state index in [2.05, 4.69) is 71.7 Å². The van der Waals surface area contributed by atoms with Crippen LogP contribution in [0.4, 0.5) is 17.5 Å². The van der Waals surface area contributed by atoms with Crippen LogP contribution in [-0.2, 0) is 4.74 Å². The predicted octanol–water partition coefficient (Wildman–Crippen LogP) is 4.31.